The van der Waals surface area contributed by atoms with E-state index in [0.717, 1.165) is 12.5 Å². The molecule has 1 aliphatic heterocycles. The molecule has 1 saturated heterocycles. The molecule has 0 amide bonds. The summed E-state index contributed by atoms with van der Waals surface area (Å²) in [5.74, 6) is 1.37. The average Bonchev–Trinajstić information content (AvgIpc) is 2.60. The van der Waals surface area contributed by atoms with E-state index in [1.807, 2.05) is 0 Å². The highest BCUT2D eigenvalue weighted by Gasteiger charge is 2.64. The van der Waals surface area contributed by atoms with Crippen LogP contribution in [-0.4, -0.2) is 36.2 Å². The first kappa shape index (κ1) is 11.4. The summed E-state index contributed by atoms with van der Waals surface area (Å²) in [5.41, 5.74) is 1.01. The zero-order valence-electron chi connectivity index (χ0n) is 10.6. The van der Waals surface area contributed by atoms with E-state index in [2.05, 4.69) is 32.6 Å². The molecule has 1 N–H and O–H groups in total. The Hall–Kier alpha value is -0.0800. The van der Waals surface area contributed by atoms with Gasteiger partial charge in [0.2, 0.25) is 0 Å². The van der Waals surface area contributed by atoms with Crippen molar-refractivity contribution in [1.82, 2.24) is 4.90 Å². The van der Waals surface area contributed by atoms with Crippen LogP contribution in [0, 0.1) is 22.7 Å². The summed E-state index contributed by atoms with van der Waals surface area (Å²) in [4.78, 5) is 2.54. The molecule has 0 spiro atoms. The van der Waals surface area contributed by atoms with Crippen LogP contribution in [0.4, 0.5) is 0 Å². The van der Waals surface area contributed by atoms with Crippen molar-refractivity contribution in [2.24, 2.45) is 22.7 Å². The molecule has 0 aromatic heterocycles. The maximum Gasteiger partial charge on any atom is 0.0471 e. The van der Waals surface area contributed by atoms with E-state index in [1.165, 1.54) is 19.5 Å². The van der Waals surface area contributed by atoms with Gasteiger partial charge in [-0.3, -0.25) is 0 Å². The Morgan fingerprint density at radius 3 is 2.20 bits per heavy atom. The minimum atomic E-state index is 0.369. The van der Waals surface area contributed by atoms with E-state index in [0.29, 0.717) is 23.4 Å². The Balaban J connectivity index is 1.85. The summed E-state index contributed by atoms with van der Waals surface area (Å²) >= 11 is 0. The maximum absolute atomic E-state index is 9.11. The van der Waals surface area contributed by atoms with Crippen molar-refractivity contribution >= 4 is 0 Å². The van der Waals surface area contributed by atoms with E-state index in [1.54, 1.807) is 0 Å². The fourth-order valence-corrected chi connectivity index (χ4v) is 3.28. The van der Waals surface area contributed by atoms with Crippen LogP contribution in [0.5, 0.6) is 0 Å². The van der Waals surface area contributed by atoms with Crippen molar-refractivity contribution in [3.05, 3.63) is 0 Å². The molecule has 2 aliphatic rings. The summed E-state index contributed by atoms with van der Waals surface area (Å²) in [6.07, 6.45) is 1.18. The second kappa shape index (κ2) is 3.46. The van der Waals surface area contributed by atoms with Crippen molar-refractivity contribution in [1.29, 1.82) is 0 Å². The summed E-state index contributed by atoms with van der Waals surface area (Å²) < 4.78 is 0. The van der Waals surface area contributed by atoms with Crippen LogP contribution in [-0.2, 0) is 0 Å². The molecule has 1 heterocycles. The van der Waals surface area contributed by atoms with Crippen LogP contribution in [0.1, 0.15) is 34.1 Å². The number of aliphatic hydroxyl groups excluding tert-OH is 1. The Kier molecular flexibility index (Phi) is 2.63. The molecule has 15 heavy (non-hydrogen) atoms. The van der Waals surface area contributed by atoms with E-state index in [9.17, 15) is 0 Å². The SMILES string of the molecule is CC1(C)C(CN2CCC(CO)C2)C1(C)C. The first-order valence-corrected chi connectivity index (χ1v) is 6.23. The molecule has 0 aromatic rings. The third-order valence-electron chi connectivity index (χ3n) is 5.39. The van der Waals surface area contributed by atoms with Gasteiger partial charge in [0.15, 0.2) is 0 Å². The molecule has 0 bridgehead atoms. The molecule has 2 heteroatoms. The minimum absolute atomic E-state index is 0.369. The number of nitrogens with zero attached hydrogens (tertiary/aromatic N) is 1. The molecule has 1 aliphatic carbocycles. The first-order chi connectivity index (χ1) is 6.89. The smallest absolute Gasteiger partial charge is 0.0471 e. The summed E-state index contributed by atoms with van der Waals surface area (Å²) in [6, 6.07) is 0. The molecule has 0 radical (unpaired) electrons. The van der Waals surface area contributed by atoms with E-state index in [-0.39, 0.29) is 0 Å². The van der Waals surface area contributed by atoms with Gasteiger partial charge in [-0.05, 0) is 35.6 Å². The van der Waals surface area contributed by atoms with Gasteiger partial charge in [-0.1, -0.05) is 27.7 Å². The summed E-state index contributed by atoms with van der Waals surface area (Å²) in [6.45, 7) is 13.4. The van der Waals surface area contributed by atoms with Crippen molar-refractivity contribution in [2.75, 3.05) is 26.2 Å². The van der Waals surface area contributed by atoms with Gasteiger partial charge in [0.1, 0.15) is 0 Å². The topological polar surface area (TPSA) is 23.5 Å². The van der Waals surface area contributed by atoms with Gasteiger partial charge in [-0.2, -0.15) is 0 Å². The molecule has 2 fully saturated rings. The molecule has 1 unspecified atom stereocenters. The predicted molar refractivity (Wildman–Crippen MR) is 62.7 cm³/mol. The van der Waals surface area contributed by atoms with Crippen LogP contribution >= 0.6 is 0 Å². The number of hydrogen-bond donors (Lipinski definition) is 1. The summed E-state index contributed by atoms with van der Waals surface area (Å²) in [5, 5.41) is 9.11. The lowest BCUT2D eigenvalue weighted by Gasteiger charge is -2.16. The lowest BCUT2D eigenvalue weighted by molar-refractivity contribution is 0.217. The zero-order valence-corrected chi connectivity index (χ0v) is 10.6. The fourth-order valence-electron chi connectivity index (χ4n) is 3.28. The van der Waals surface area contributed by atoms with Crippen LogP contribution < -0.4 is 0 Å². The van der Waals surface area contributed by atoms with Gasteiger partial charge in [-0.15, -0.1) is 0 Å². The van der Waals surface area contributed by atoms with Gasteiger partial charge in [0.25, 0.3) is 0 Å². The summed E-state index contributed by atoms with van der Waals surface area (Å²) in [7, 11) is 0. The average molecular weight is 211 g/mol. The molecule has 0 aromatic carbocycles. The fraction of sp³-hybridized carbons (Fsp3) is 1.00. The zero-order chi connectivity index (χ0) is 11.3. The van der Waals surface area contributed by atoms with Crippen molar-refractivity contribution in [3.8, 4) is 0 Å². The van der Waals surface area contributed by atoms with E-state index in [4.69, 9.17) is 5.11 Å². The van der Waals surface area contributed by atoms with Gasteiger partial charge in [0, 0.05) is 19.7 Å². The highest BCUT2D eigenvalue weighted by molar-refractivity contribution is 5.13. The largest absolute Gasteiger partial charge is 0.396 e. The molecule has 88 valence electrons. The third-order valence-corrected chi connectivity index (χ3v) is 5.39. The van der Waals surface area contributed by atoms with Gasteiger partial charge in [-0.25, -0.2) is 0 Å². The van der Waals surface area contributed by atoms with Crippen LogP contribution in [0.3, 0.4) is 0 Å². The number of rotatable bonds is 3. The van der Waals surface area contributed by atoms with E-state index >= 15 is 0 Å². The van der Waals surface area contributed by atoms with Gasteiger partial charge >= 0.3 is 0 Å². The molecule has 1 atom stereocenters. The highest BCUT2D eigenvalue weighted by atomic mass is 16.3. The molecular formula is C13H25NO. The van der Waals surface area contributed by atoms with Gasteiger partial charge in [0.05, 0.1) is 0 Å². The quantitative estimate of drug-likeness (QED) is 0.771. The normalized spacial score (nSPS) is 34.6. The van der Waals surface area contributed by atoms with Crippen molar-refractivity contribution < 1.29 is 5.11 Å². The standard InChI is InChI=1S/C13H25NO/c1-12(2)11(13(12,3)4)8-14-6-5-10(7-14)9-15/h10-11,15H,5-9H2,1-4H3. The van der Waals surface area contributed by atoms with E-state index < -0.39 is 0 Å². The lowest BCUT2D eigenvalue weighted by atomic mass is 10.0. The lowest BCUT2D eigenvalue weighted by Crippen LogP contribution is -2.25. The third kappa shape index (κ3) is 1.72. The van der Waals surface area contributed by atoms with Crippen molar-refractivity contribution in [3.63, 3.8) is 0 Å². The highest BCUT2D eigenvalue weighted by Crippen LogP contribution is 2.68. The Morgan fingerprint density at radius 2 is 1.80 bits per heavy atom. The second-order valence-corrected chi connectivity index (χ2v) is 6.59. The van der Waals surface area contributed by atoms with Crippen LogP contribution in [0.2, 0.25) is 0 Å². The number of aliphatic hydroxyl groups is 1. The van der Waals surface area contributed by atoms with Gasteiger partial charge < -0.3 is 10.0 Å². The predicted octanol–water partition coefficient (Wildman–Crippen LogP) is 1.98. The molecule has 1 saturated carbocycles. The Bertz CT molecular complexity index is 233. The first-order valence-electron chi connectivity index (χ1n) is 6.23. The van der Waals surface area contributed by atoms with Crippen LogP contribution in [0.25, 0.3) is 0 Å². The maximum atomic E-state index is 9.11. The minimum Gasteiger partial charge on any atom is -0.396 e. The molecule has 2 nitrogen and oxygen atoms in total. The molecule has 2 rings (SSSR count). The Morgan fingerprint density at radius 1 is 1.20 bits per heavy atom. The Labute approximate surface area is 93.7 Å². The monoisotopic (exact) mass is 211 g/mol. The van der Waals surface area contributed by atoms with Crippen LogP contribution in [0.15, 0.2) is 0 Å². The van der Waals surface area contributed by atoms with Crippen molar-refractivity contribution in [2.45, 2.75) is 34.1 Å². The number of hydrogen-bond acceptors (Lipinski definition) is 2. The molecular weight excluding hydrogens is 186 g/mol. The number of likely N-dealkylation sites (tertiary alicyclic amines) is 1. The second-order valence-electron chi connectivity index (χ2n) is 6.59.